The summed E-state index contributed by atoms with van der Waals surface area (Å²) in [5.41, 5.74) is 2.94. The zero-order chi connectivity index (χ0) is 21.1. The van der Waals surface area contributed by atoms with Gasteiger partial charge in [0.15, 0.2) is 0 Å². The summed E-state index contributed by atoms with van der Waals surface area (Å²) in [6.45, 7) is 2.47. The van der Waals surface area contributed by atoms with Crippen LogP contribution in [0, 0.1) is 17.7 Å². The molecule has 1 aliphatic carbocycles. The van der Waals surface area contributed by atoms with E-state index in [1.165, 1.54) is 11.6 Å². The first-order valence-electron chi connectivity index (χ1n) is 10.6. The minimum atomic E-state index is -0.228. The fourth-order valence-corrected chi connectivity index (χ4v) is 4.83. The Hall–Kier alpha value is -2.46. The van der Waals surface area contributed by atoms with E-state index in [1.54, 1.807) is 12.1 Å². The van der Waals surface area contributed by atoms with Crippen molar-refractivity contribution in [1.82, 2.24) is 10.3 Å². The maximum atomic E-state index is 13.8. The van der Waals surface area contributed by atoms with Gasteiger partial charge in [-0.25, -0.2) is 4.39 Å². The van der Waals surface area contributed by atoms with Crippen molar-refractivity contribution >= 4 is 28.4 Å². The number of rotatable bonds is 5. The van der Waals surface area contributed by atoms with Crippen molar-refractivity contribution in [3.63, 3.8) is 0 Å². The highest BCUT2D eigenvalue weighted by atomic mass is 35.5. The topological polar surface area (TPSA) is 42.0 Å². The number of carbonyl (C=O) groups is 1. The second-order valence-electron chi connectivity index (χ2n) is 8.27. The van der Waals surface area contributed by atoms with Gasteiger partial charge in [-0.3, -0.25) is 9.78 Å². The van der Waals surface area contributed by atoms with Crippen molar-refractivity contribution in [2.75, 3.05) is 0 Å². The number of fused-ring (bicyclic) bond motifs is 1. The van der Waals surface area contributed by atoms with Gasteiger partial charge in [-0.1, -0.05) is 36.7 Å². The number of nitrogens with zero attached hydrogens (tertiary/aromatic N) is 1. The van der Waals surface area contributed by atoms with Crippen LogP contribution in [0.25, 0.3) is 10.9 Å². The maximum Gasteiger partial charge on any atom is 0.223 e. The van der Waals surface area contributed by atoms with Crippen molar-refractivity contribution in [1.29, 1.82) is 0 Å². The molecule has 0 bridgehead atoms. The van der Waals surface area contributed by atoms with Crippen LogP contribution in [0.5, 0.6) is 0 Å². The van der Waals surface area contributed by atoms with E-state index in [-0.39, 0.29) is 17.6 Å². The molecule has 0 aliphatic heterocycles. The standard InChI is InChI=1S/C25H26ClFN2O/c1-16(25(30)29-15-19-4-2-3-5-23(19)26)17-6-8-18(9-7-17)21-12-13-28-24-11-10-20(27)14-22(21)24/h2-5,10-14,16-18H,6-9,15H2,1H3,(H,29,30)/t16-,17-,18+/m1/s1. The number of nitrogens with one attached hydrogen (secondary N) is 1. The summed E-state index contributed by atoms with van der Waals surface area (Å²) < 4.78 is 13.8. The summed E-state index contributed by atoms with van der Waals surface area (Å²) >= 11 is 6.18. The van der Waals surface area contributed by atoms with Crippen LogP contribution in [-0.4, -0.2) is 10.9 Å². The zero-order valence-electron chi connectivity index (χ0n) is 17.1. The van der Waals surface area contributed by atoms with Crippen LogP contribution in [0.2, 0.25) is 5.02 Å². The number of hydrogen-bond donors (Lipinski definition) is 1. The Balaban J connectivity index is 1.37. The Morgan fingerprint density at radius 2 is 1.93 bits per heavy atom. The van der Waals surface area contributed by atoms with Gasteiger partial charge in [0.25, 0.3) is 0 Å². The van der Waals surface area contributed by atoms with E-state index in [4.69, 9.17) is 11.6 Å². The van der Waals surface area contributed by atoms with Gasteiger partial charge in [0.2, 0.25) is 5.91 Å². The number of aromatic nitrogens is 1. The van der Waals surface area contributed by atoms with Gasteiger partial charge in [0, 0.05) is 29.1 Å². The van der Waals surface area contributed by atoms with Crippen molar-refractivity contribution in [3.05, 3.63) is 76.7 Å². The number of amides is 1. The second-order valence-corrected chi connectivity index (χ2v) is 8.68. The van der Waals surface area contributed by atoms with E-state index in [9.17, 15) is 9.18 Å². The molecule has 1 aliphatic rings. The van der Waals surface area contributed by atoms with Crippen LogP contribution in [0.15, 0.2) is 54.7 Å². The van der Waals surface area contributed by atoms with Gasteiger partial charge in [0.1, 0.15) is 5.82 Å². The van der Waals surface area contributed by atoms with Crippen molar-refractivity contribution in [3.8, 4) is 0 Å². The van der Waals surface area contributed by atoms with Gasteiger partial charge in [-0.2, -0.15) is 0 Å². The quantitative estimate of drug-likeness (QED) is 0.525. The third-order valence-electron chi connectivity index (χ3n) is 6.48. The molecule has 4 rings (SSSR count). The number of carbonyl (C=O) groups excluding carboxylic acids is 1. The van der Waals surface area contributed by atoms with Crippen LogP contribution in [-0.2, 0) is 11.3 Å². The molecule has 2 aromatic carbocycles. The van der Waals surface area contributed by atoms with E-state index in [2.05, 4.69) is 10.3 Å². The molecule has 5 heteroatoms. The molecule has 156 valence electrons. The molecular formula is C25H26ClFN2O. The van der Waals surface area contributed by atoms with Gasteiger partial charge < -0.3 is 5.32 Å². The van der Waals surface area contributed by atoms with Crippen LogP contribution >= 0.6 is 11.6 Å². The highest BCUT2D eigenvalue weighted by Gasteiger charge is 2.30. The van der Waals surface area contributed by atoms with Gasteiger partial charge >= 0.3 is 0 Å². The van der Waals surface area contributed by atoms with Crippen molar-refractivity contribution < 1.29 is 9.18 Å². The Kier molecular flexibility index (Phi) is 6.33. The largest absolute Gasteiger partial charge is 0.352 e. The highest BCUT2D eigenvalue weighted by Crippen LogP contribution is 2.40. The van der Waals surface area contributed by atoms with E-state index in [1.807, 2.05) is 43.5 Å². The molecular weight excluding hydrogens is 399 g/mol. The normalized spacial score (nSPS) is 20.1. The molecule has 1 atom stereocenters. The maximum absolute atomic E-state index is 13.8. The molecule has 3 aromatic rings. The molecule has 1 aromatic heterocycles. The first-order chi connectivity index (χ1) is 14.5. The lowest BCUT2D eigenvalue weighted by Gasteiger charge is -2.32. The molecule has 1 fully saturated rings. The number of halogens is 2. The fraction of sp³-hybridized carbons (Fsp3) is 0.360. The molecule has 3 nitrogen and oxygen atoms in total. The van der Waals surface area contributed by atoms with Crippen molar-refractivity contribution in [2.45, 2.75) is 45.1 Å². The summed E-state index contributed by atoms with van der Waals surface area (Å²) in [4.78, 5) is 17.1. The smallest absolute Gasteiger partial charge is 0.223 e. The predicted octanol–water partition coefficient (Wildman–Crippen LogP) is 6.25. The molecule has 0 saturated heterocycles. The van der Waals surface area contributed by atoms with E-state index < -0.39 is 0 Å². The molecule has 1 amide bonds. The Morgan fingerprint density at radius 1 is 1.17 bits per heavy atom. The van der Waals surface area contributed by atoms with Crippen LogP contribution in [0.1, 0.15) is 49.7 Å². The lowest BCUT2D eigenvalue weighted by atomic mass is 9.73. The average molecular weight is 425 g/mol. The predicted molar refractivity (Wildman–Crippen MR) is 119 cm³/mol. The SMILES string of the molecule is C[C@@H](C(=O)NCc1ccccc1Cl)[C@H]1CC[C@@H](c2ccnc3ccc(F)cc32)CC1. The third-order valence-corrected chi connectivity index (χ3v) is 6.85. The summed E-state index contributed by atoms with van der Waals surface area (Å²) in [5.74, 6) is 0.549. The summed E-state index contributed by atoms with van der Waals surface area (Å²) in [5, 5.41) is 4.62. The first-order valence-corrected chi connectivity index (χ1v) is 11.0. The Morgan fingerprint density at radius 3 is 2.70 bits per heavy atom. The molecule has 0 radical (unpaired) electrons. The molecule has 0 spiro atoms. The fourth-order valence-electron chi connectivity index (χ4n) is 4.63. The van der Waals surface area contributed by atoms with Gasteiger partial charge in [0.05, 0.1) is 5.52 Å². The van der Waals surface area contributed by atoms with Gasteiger partial charge in [-0.15, -0.1) is 0 Å². The Bertz CT molecular complexity index is 1050. The van der Waals surface area contributed by atoms with Crippen molar-refractivity contribution in [2.24, 2.45) is 11.8 Å². The number of pyridine rings is 1. The first kappa shape index (κ1) is 20.8. The minimum Gasteiger partial charge on any atom is -0.352 e. The molecule has 1 N–H and O–H groups in total. The Labute approximate surface area is 181 Å². The third kappa shape index (κ3) is 4.49. The second kappa shape index (κ2) is 9.13. The number of benzene rings is 2. The molecule has 1 saturated carbocycles. The molecule has 30 heavy (non-hydrogen) atoms. The lowest BCUT2D eigenvalue weighted by molar-refractivity contribution is -0.126. The van der Waals surface area contributed by atoms with E-state index >= 15 is 0 Å². The minimum absolute atomic E-state index is 0.0416. The summed E-state index contributed by atoms with van der Waals surface area (Å²) in [6.07, 6.45) is 5.80. The number of hydrogen-bond acceptors (Lipinski definition) is 2. The highest BCUT2D eigenvalue weighted by molar-refractivity contribution is 6.31. The monoisotopic (exact) mass is 424 g/mol. The van der Waals surface area contributed by atoms with Crippen LogP contribution < -0.4 is 5.32 Å². The summed E-state index contributed by atoms with van der Waals surface area (Å²) in [7, 11) is 0. The summed E-state index contributed by atoms with van der Waals surface area (Å²) in [6, 6.07) is 14.4. The van der Waals surface area contributed by atoms with Crippen LogP contribution in [0.4, 0.5) is 4.39 Å². The molecule has 0 unspecified atom stereocenters. The van der Waals surface area contributed by atoms with Crippen LogP contribution in [0.3, 0.4) is 0 Å². The van der Waals surface area contributed by atoms with E-state index in [0.717, 1.165) is 42.1 Å². The van der Waals surface area contributed by atoms with E-state index in [0.29, 0.717) is 23.4 Å². The van der Waals surface area contributed by atoms with Gasteiger partial charge in [-0.05, 0) is 79.0 Å². The average Bonchev–Trinajstić information content (AvgIpc) is 2.77. The zero-order valence-corrected chi connectivity index (χ0v) is 17.8. The molecule has 1 heterocycles. The lowest BCUT2D eigenvalue weighted by Crippen LogP contribution is -2.34.